The van der Waals surface area contributed by atoms with Crippen LogP contribution in [0.25, 0.3) is 0 Å². The van der Waals surface area contributed by atoms with Gasteiger partial charge < -0.3 is 10.4 Å². The number of hydrazine groups is 1. The highest BCUT2D eigenvalue weighted by Crippen LogP contribution is 2.26. The van der Waals surface area contributed by atoms with Crippen molar-refractivity contribution in [3.63, 3.8) is 0 Å². The molecule has 0 saturated carbocycles. The molecule has 1 aromatic rings. The van der Waals surface area contributed by atoms with Gasteiger partial charge in [0.1, 0.15) is 5.69 Å². The van der Waals surface area contributed by atoms with E-state index in [0.717, 1.165) is 0 Å². The zero-order valence-corrected chi connectivity index (χ0v) is 12.3. The third-order valence-corrected chi connectivity index (χ3v) is 3.37. The lowest BCUT2D eigenvalue weighted by atomic mass is 10.1. The van der Waals surface area contributed by atoms with E-state index in [9.17, 15) is 15.2 Å². The molecular weight excluding hydrogens is 284 g/mol. The number of aliphatic hydroxyl groups is 1. The lowest BCUT2D eigenvalue weighted by molar-refractivity contribution is -0.385. The number of nitrogens with one attached hydrogen (secondary N) is 2. The number of thioether (sulfide) groups is 1. The van der Waals surface area contributed by atoms with E-state index in [0.29, 0.717) is 5.75 Å². The molecule has 1 atom stereocenters. The van der Waals surface area contributed by atoms with Crippen molar-refractivity contribution < 1.29 is 10.0 Å². The molecule has 9 nitrogen and oxygen atoms in total. The second kappa shape index (κ2) is 6.68. The van der Waals surface area contributed by atoms with Gasteiger partial charge in [0.2, 0.25) is 11.8 Å². The van der Waals surface area contributed by atoms with Crippen LogP contribution in [0.3, 0.4) is 0 Å². The summed E-state index contributed by atoms with van der Waals surface area (Å²) >= 11 is 1.48. The molecule has 0 saturated heterocycles. The fourth-order valence-electron chi connectivity index (χ4n) is 1.61. The number of anilines is 2. The number of hydrogen-bond donors (Lipinski definition) is 4. The summed E-state index contributed by atoms with van der Waals surface area (Å²) in [5.74, 6) is 5.80. The van der Waals surface area contributed by atoms with Crippen molar-refractivity contribution in [1.82, 2.24) is 9.97 Å². The molecule has 112 valence electrons. The number of nitrogens with zero attached hydrogens (tertiary/aromatic N) is 3. The van der Waals surface area contributed by atoms with Gasteiger partial charge >= 0.3 is 5.69 Å². The molecule has 10 heteroatoms. The first-order chi connectivity index (χ1) is 9.30. The van der Waals surface area contributed by atoms with E-state index in [1.165, 1.54) is 18.7 Å². The van der Waals surface area contributed by atoms with Crippen LogP contribution in [-0.2, 0) is 0 Å². The quantitative estimate of drug-likeness (QED) is 0.322. The topological polar surface area (TPSA) is 139 Å². The maximum atomic E-state index is 11.1. The first kappa shape index (κ1) is 16.4. The number of rotatable bonds is 7. The number of nitrogens with two attached hydrogens (primary N) is 1. The van der Waals surface area contributed by atoms with Crippen LogP contribution >= 0.6 is 11.8 Å². The SMILES string of the molecule is CSCC(C)(O)CNc1nc(NN)nc(C)c1[N+](=O)[O-]. The minimum absolute atomic E-state index is 0.0248. The lowest BCUT2D eigenvalue weighted by Gasteiger charge is -2.22. The third-order valence-electron chi connectivity index (χ3n) is 2.46. The van der Waals surface area contributed by atoms with Crippen LogP contribution in [0, 0.1) is 17.0 Å². The predicted octanol–water partition coefficient (Wildman–Crippen LogP) is 0.505. The number of nitro groups is 1. The Labute approximate surface area is 120 Å². The van der Waals surface area contributed by atoms with Gasteiger partial charge in [-0.25, -0.2) is 10.8 Å². The highest BCUT2D eigenvalue weighted by Gasteiger charge is 2.25. The van der Waals surface area contributed by atoms with Gasteiger partial charge in [0, 0.05) is 12.3 Å². The summed E-state index contributed by atoms with van der Waals surface area (Å²) in [6, 6.07) is 0. The van der Waals surface area contributed by atoms with E-state index in [1.807, 2.05) is 6.26 Å². The van der Waals surface area contributed by atoms with Crippen LogP contribution in [0.2, 0.25) is 0 Å². The fraction of sp³-hybridized carbons (Fsp3) is 0.600. The maximum absolute atomic E-state index is 11.1. The van der Waals surface area contributed by atoms with E-state index >= 15 is 0 Å². The van der Waals surface area contributed by atoms with Gasteiger partial charge in [-0.2, -0.15) is 16.7 Å². The zero-order chi connectivity index (χ0) is 15.3. The maximum Gasteiger partial charge on any atom is 0.332 e. The van der Waals surface area contributed by atoms with Crippen molar-refractivity contribution >= 4 is 29.2 Å². The van der Waals surface area contributed by atoms with E-state index in [-0.39, 0.29) is 29.7 Å². The summed E-state index contributed by atoms with van der Waals surface area (Å²) in [7, 11) is 0. The molecule has 5 N–H and O–H groups in total. The molecule has 1 heterocycles. The van der Waals surface area contributed by atoms with Crippen LogP contribution in [-0.4, -0.2) is 44.2 Å². The van der Waals surface area contributed by atoms with Crippen molar-refractivity contribution in [2.24, 2.45) is 5.84 Å². The number of nitrogen functional groups attached to an aromatic ring is 1. The third kappa shape index (κ3) is 4.18. The normalized spacial score (nSPS) is 13.7. The molecule has 20 heavy (non-hydrogen) atoms. The molecular formula is C10H18N6O3S. The van der Waals surface area contributed by atoms with Gasteiger partial charge in [0.15, 0.2) is 0 Å². The summed E-state index contributed by atoms with van der Waals surface area (Å²) in [6.07, 6.45) is 1.86. The van der Waals surface area contributed by atoms with Gasteiger partial charge in [-0.3, -0.25) is 15.5 Å². The summed E-state index contributed by atoms with van der Waals surface area (Å²) in [5, 5.41) is 23.9. The molecule has 0 fully saturated rings. The standard InChI is InChI=1S/C10H18N6O3S/c1-6-7(16(18)19)8(14-9(13-6)15-11)12-4-10(2,17)5-20-3/h17H,4-5,11H2,1-3H3,(H2,12,13,14,15). The molecule has 0 aliphatic carbocycles. The smallest absolute Gasteiger partial charge is 0.332 e. The largest absolute Gasteiger partial charge is 0.387 e. The molecule has 0 spiro atoms. The Morgan fingerprint density at radius 2 is 2.20 bits per heavy atom. The van der Waals surface area contributed by atoms with E-state index < -0.39 is 10.5 Å². The molecule has 0 aliphatic rings. The highest BCUT2D eigenvalue weighted by atomic mass is 32.2. The number of aromatic nitrogens is 2. The van der Waals surface area contributed by atoms with Gasteiger partial charge in [0.25, 0.3) is 0 Å². The summed E-state index contributed by atoms with van der Waals surface area (Å²) < 4.78 is 0. The fourth-order valence-corrected chi connectivity index (χ4v) is 2.33. The monoisotopic (exact) mass is 302 g/mol. The van der Waals surface area contributed by atoms with Crippen molar-refractivity contribution in [3.05, 3.63) is 15.8 Å². The lowest BCUT2D eigenvalue weighted by Crippen LogP contribution is -2.36. The van der Waals surface area contributed by atoms with Crippen LogP contribution in [0.5, 0.6) is 0 Å². The van der Waals surface area contributed by atoms with E-state index in [2.05, 4.69) is 20.7 Å². The molecule has 0 aliphatic heterocycles. The second-order valence-corrected chi connectivity index (χ2v) is 5.38. The van der Waals surface area contributed by atoms with Crippen molar-refractivity contribution in [2.75, 3.05) is 29.3 Å². The van der Waals surface area contributed by atoms with Gasteiger partial charge in [-0.1, -0.05) is 0 Å². The van der Waals surface area contributed by atoms with Crippen molar-refractivity contribution in [3.8, 4) is 0 Å². The molecule has 0 radical (unpaired) electrons. The summed E-state index contributed by atoms with van der Waals surface area (Å²) in [6.45, 7) is 3.25. The highest BCUT2D eigenvalue weighted by molar-refractivity contribution is 7.98. The van der Waals surface area contributed by atoms with E-state index in [4.69, 9.17) is 5.84 Å². The zero-order valence-electron chi connectivity index (χ0n) is 11.5. The molecule has 0 bridgehead atoms. The first-order valence-corrected chi connectivity index (χ1v) is 7.15. The Hall–Kier alpha value is -1.65. The molecule has 1 unspecified atom stereocenters. The van der Waals surface area contributed by atoms with Crippen molar-refractivity contribution in [1.29, 1.82) is 0 Å². The van der Waals surface area contributed by atoms with Crippen LogP contribution < -0.4 is 16.6 Å². The first-order valence-electron chi connectivity index (χ1n) is 5.75. The van der Waals surface area contributed by atoms with Crippen LogP contribution in [0.15, 0.2) is 0 Å². The van der Waals surface area contributed by atoms with Gasteiger partial charge in [-0.05, 0) is 20.1 Å². The van der Waals surface area contributed by atoms with Crippen LogP contribution in [0.1, 0.15) is 12.6 Å². The molecule has 1 aromatic heterocycles. The Balaban J connectivity index is 3.03. The average molecular weight is 302 g/mol. The Morgan fingerprint density at radius 1 is 1.55 bits per heavy atom. The average Bonchev–Trinajstić information content (AvgIpc) is 2.35. The van der Waals surface area contributed by atoms with Crippen molar-refractivity contribution in [2.45, 2.75) is 19.4 Å². The minimum Gasteiger partial charge on any atom is -0.387 e. The number of hydrogen-bond acceptors (Lipinski definition) is 9. The summed E-state index contributed by atoms with van der Waals surface area (Å²) in [4.78, 5) is 18.3. The Morgan fingerprint density at radius 3 is 2.70 bits per heavy atom. The molecule has 0 aromatic carbocycles. The number of aryl methyl sites for hydroxylation is 1. The summed E-state index contributed by atoms with van der Waals surface area (Å²) in [5.41, 5.74) is 1.19. The predicted molar refractivity (Wildman–Crippen MR) is 78.7 cm³/mol. The Bertz CT molecular complexity index is 496. The minimum atomic E-state index is -1.01. The molecule has 0 amide bonds. The van der Waals surface area contributed by atoms with Gasteiger partial charge in [0.05, 0.1) is 10.5 Å². The van der Waals surface area contributed by atoms with E-state index in [1.54, 1.807) is 6.92 Å². The Kier molecular flexibility index (Phi) is 5.48. The second-order valence-electron chi connectivity index (χ2n) is 4.51. The van der Waals surface area contributed by atoms with Gasteiger partial charge in [-0.15, -0.1) is 0 Å². The molecule has 1 rings (SSSR count). The van der Waals surface area contributed by atoms with Crippen LogP contribution in [0.4, 0.5) is 17.5 Å².